The Kier molecular flexibility index (Phi) is 88.9. The lowest BCUT2D eigenvalue weighted by Gasteiger charge is -2.07. The predicted octanol–water partition coefficient (Wildman–Crippen LogP) is 21.8. The molecule has 0 fully saturated rings. The van der Waals surface area contributed by atoms with Gasteiger partial charge in [0.2, 0.25) is 0 Å². The highest BCUT2D eigenvalue weighted by Crippen LogP contribution is 2.15. The van der Waals surface area contributed by atoms with Crippen LogP contribution in [0.25, 0.3) is 0 Å². The molecule has 0 aliphatic rings. The first-order chi connectivity index (χ1) is 38.2. The lowest BCUT2D eigenvalue weighted by atomic mass is 10.1. The summed E-state index contributed by atoms with van der Waals surface area (Å²) in [5.74, 6) is -0.959. The maximum absolute atomic E-state index is 10.5. The molecule has 0 saturated carbocycles. The minimum absolute atomic E-state index is 0.537. The van der Waals surface area contributed by atoms with Crippen molar-refractivity contribution in [3.8, 4) is 0 Å². The van der Waals surface area contributed by atoms with Gasteiger partial charge in [-0.2, -0.15) is 0 Å². The van der Waals surface area contributed by atoms with Gasteiger partial charge in [0.1, 0.15) is 17.3 Å². The second kappa shape index (κ2) is 80.9. The van der Waals surface area contributed by atoms with Crippen molar-refractivity contribution in [1.29, 1.82) is 0 Å². The smallest absolute Gasteiger partial charge is 0.331 e. The molecule has 0 spiro atoms. The lowest BCUT2D eigenvalue weighted by Crippen LogP contribution is -1.97. The van der Waals surface area contributed by atoms with E-state index < -0.39 is 17.9 Å². The van der Waals surface area contributed by atoms with E-state index in [1.807, 2.05) is 51.1 Å². The highest BCUT2D eigenvalue weighted by atomic mass is 28.1. The number of carboxylic acid groups (broad SMARTS) is 3. The van der Waals surface area contributed by atoms with Crippen LogP contribution in [-0.4, -0.2) is 63.3 Å². The average molecular weight is 1130 g/mol. The number of rotatable bonds is 45. The summed E-state index contributed by atoms with van der Waals surface area (Å²) in [6.45, 7) is 27.4. The van der Waals surface area contributed by atoms with Crippen LogP contribution in [0.5, 0.6) is 0 Å². The maximum Gasteiger partial charge on any atom is 0.331 e. The molecule has 465 valence electrons. The van der Waals surface area contributed by atoms with E-state index in [1.54, 1.807) is 0 Å². The maximum atomic E-state index is 10.5. The first-order valence-electron chi connectivity index (χ1n) is 32.7. The number of hydrogen-bond donors (Lipinski definition) is 3. The molecule has 79 heavy (non-hydrogen) atoms. The van der Waals surface area contributed by atoms with Crippen LogP contribution >= 0.6 is 0 Å². The first kappa shape index (κ1) is 86.7. The molecule has 0 atom stereocenters. The van der Waals surface area contributed by atoms with Gasteiger partial charge in [0, 0.05) is 19.3 Å². The van der Waals surface area contributed by atoms with Gasteiger partial charge in [0.25, 0.3) is 0 Å². The zero-order chi connectivity index (χ0) is 60.5. The predicted molar refractivity (Wildman–Crippen MR) is 345 cm³/mol. The third-order valence-electron chi connectivity index (χ3n) is 12.3. The van der Waals surface area contributed by atoms with Crippen LogP contribution in [0.4, 0.5) is 0 Å². The SMILES string of the molecule is CCCCCCCC.CCCCCCCC.CCCCCCCC.CCCCCCCCC(=CC(=O)O)OCC.CCCCCCCCC(=CC(=O)O)OCC.CCCCCCCCC(=CC(=O)O)OCC.[Si]c1ccccc1. The van der Waals surface area contributed by atoms with Gasteiger partial charge in [-0.25, -0.2) is 14.4 Å². The number of aliphatic carboxylic acids is 3. The Hall–Kier alpha value is -3.53. The molecule has 10 heteroatoms. The summed E-state index contributed by atoms with van der Waals surface area (Å²) in [5.41, 5.74) is 0. The van der Waals surface area contributed by atoms with E-state index in [9.17, 15) is 14.4 Å². The van der Waals surface area contributed by atoms with Crippen molar-refractivity contribution >= 4 is 33.3 Å². The van der Waals surface area contributed by atoms with Crippen molar-refractivity contribution in [3.05, 3.63) is 65.8 Å². The number of unbranched alkanes of at least 4 members (excludes halogenated alkanes) is 30. The molecule has 0 heterocycles. The van der Waals surface area contributed by atoms with Crippen LogP contribution in [0.1, 0.15) is 333 Å². The molecule has 0 saturated heterocycles. The third-order valence-corrected chi connectivity index (χ3v) is 12.7. The molecule has 3 radical (unpaired) electrons. The topological polar surface area (TPSA) is 140 Å². The van der Waals surface area contributed by atoms with Crippen LogP contribution in [0.3, 0.4) is 0 Å². The molecule has 0 unspecified atom stereocenters. The van der Waals surface area contributed by atoms with E-state index >= 15 is 0 Å². The van der Waals surface area contributed by atoms with Crippen molar-refractivity contribution in [2.75, 3.05) is 19.8 Å². The Morgan fingerprint density at radius 3 is 0.633 bits per heavy atom. The molecular weight excluding hydrogens is 1000 g/mol. The van der Waals surface area contributed by atoms with Crippen molar-refractivity contribution in [1.82, 2.24) is 0 Å². The summed E-state index contributed by atoms with van der Waals surface area (Å²) in [6, 6.07) is 9.96. The third kappa shape index (κ3) is 94.1. The Balaban J connectivity index is -0.000000202. The van der Waals surface area contributed by atoms with E-state index in [2.05, 4.69) is 72.6 Å². The van der Waals surface area contributed by atoms with Crippen LogP contribution < -0.4 is 5.19 Å². The van der Waals surface area contributed by atoms with E-state index in [0.717, 1.165) is 63.0 Å². The summed E-state index contributed by atoms with van der Waals surface area (Å²) in [4.78, 5) is 31.5. The fourth-order valence-electron chi connectivity index (χ4n) is 7.76. The fraction of sp³-hybridized carbons (Fsp3) is 0.783. The number of allylic oxidation sites excluding steroid dienone is 3. The minimum atomic E-state index is -0.922. The highest BCUT2D eigenvalue weighted by molar-refractivity contribution is 6.32. The lowest BCUT2D eigenvalue weighted by molar-refractivity contribution is -0.132. The molecule has 1 aromatic rings. The van der Waals surface area contributed by atoms with Gasteiger partial charge in [0.15, 0.2) is 0 Å². The summed E-state index contributed by atoms with van der Waals surface area (Å²) >= 11 is 0. The zero-order valence-corrected chi connectivity index (χ0v) is 55.1. The fourth-order valence-corrected chi connectivity index (χ4v) is 7.96. The molecular formula is C69H131O9Si. The normalized spacial score (nSPS) is 10.7. The number of benzene rings is 1. The van der Waals surface area contributed by atoms with Gasteiger partial charge in [-0.05, 0) is 40.0 Å². The van der Waals surface area contributed by atoms with Gasteiger partial charge < -0.3 is 29.5 Å². The molecule has 1 rings (SSSR count). The van der Waals surface area contributed by atoms with E-state index in [-0.39, 0.29) is 0 Å². The number of carboxylic acids is 3. The van der Waals surface area contributed by atoms with Gasteiger partial charge in [-0.15, -0.1) is 0 Å². The molecule has 3 N–H and O–H groups in total. The van der Waals surface area contributed by atoms with Crippen molar-refractivity contribution in [2.24, 2.45) is 0 Å². The average Bonchev–Trinajstić information content (AvgIpc) is 3.42. The molecule has 9 nitrogen and oxygen atoms in total. The number of carbonyl (C=O) groups is 3. The second-order valence-corrected chi connectivity index (χ2v) is 20.9. The van der Waals surface area contributed by atoms with Crippen LogP contribution in [0.2, 0.25) is 0 Å². The van der Waals surface area contributed by atoms with Crippen molar-refractivity contribution in [2.45, 2.75) is 333 Å². The summed E-state index contributed by atoms with van der Waals surface area (Å²) in [7, 11) is 3.36. The summed E-state index contributed by atoms with van der Waals surface area (Å²) in [5, 5.41) is 27.0. The molecule has 0 bridgehead atoms. The molecule has 0 amide bonds. The minimum Gasteiger partial charge on any atom is -0.498 e. The summed E-state index contributed by atoms with van der Waals surface area (Å²) < 4.78 is 15.8. The monoisotopic (exact) mass is 1130 g/mol. The molecule has 0 aliphatic carbocycles. The van der Waals surface area contributed by atoms with Crippen molar-refractivity contribution < 1.29 is 43.9 Å². The Bertz CT molecular complexity index is 1260. The van der Waals surface area contributed by atoms with Gasteiger partial charge >= 0.3 is 17.9 Å². The second-order valence-electron chi connectivity index (χ2n) is 20.3. The standard InChI is InChI=1S/3C13H24O3.3C8H18.C6H5Si/c3*1-3-5-6-7-8-9-10-12(16-4-2)11-13(14)15;3*1-3-5-7-8-6-4-2;7-6-4-2-1-3-5-6/h3*11H,3-10H2,1-2H3,(H,14,15);3*3-8H2,1-2H3;1-5H. The van der Waals surface area contributed by atoms with Gasteiger partial charge in [-0.3, -0.25) is 0 Å². The van der Waals surface area contributed by atoms with Crippen molar-refractivity contribution in [3.63, 3.8) is 0 Å². The van der Waals surface area contributed by atoms with Crippen LogP contribution in [-0.2, 0) is 28.6 Å². The Morgan fingerprint density at radius 2 is 0.494 bits per heavy atom. The summed E-state index contributed by atoms with van der Waals surface area (Å²) in [6.07, 6.45) is 52.9. The number of hydrogen-bond acceptors (Lipinski definition) is 6. The van der Waals surface area contributed by atoms with E-state index in [4.69, 9.17) is 29.5 Å². The Morgan fingerprint density at radius 1 is 0.316 bits per heavy atom. The van der Waals surface area contributed by atoms with E-state index in [1.165, 1.54) is 211 Å². The zero-order valence-electron chi connectivity index (χ0n) is 54.1. The first-order valence-corrected chi connectivity index (χ1v) is 33.2. The Labute approximate surface area is 494 Å². The quantitative estimate of drug-likeness (QED) is 0.0252. The van der Waals surface area contributed by atoms with Crippen LogP contribution in [0, 0.1) is 0 Å². The largest absolute Gasteiger partial charge is 0.498 e. The molecule has 0 aliphatic heterocycles. The number of ether oxygens (including phenoxy) is 3. The van der Waals surface area contributed by atoms with E-state index in [0.29, 0.717) is 37.1 Å². The van der Waals surface area contributed by atoms with Gasteiger partial charge in [-0.1, -0.05) is 310 Å². The van der Waals surface area contributed by atoms with Crippen LogP contribution in [0.15, 0.2) is 65.8 Å². The molecule has 0 aromatic heterocycles. The molecule has 1 aromatic carbocycles. The highest BCUT2D eigenvalue weighted by Gasteiger charge is 2.04. The van der Waals surface area contributed by atoms with Gasteiger partial charge in [0.05, 0.1) is 48.3 Å².